The zero-order valence-electron chi connectivity index (χ0n) is 12.2. The van der Waals surface area contributed by atoms with Crippen LogP contribution in [-0.2, 0) is 6.54 Å². The summed E-state index contributed by atoms with van der Waals surface area (Å²) in [6.07, 6.45) is 5.18. The van der Waals surface area contributed by atoms with E-state index in [0.717, 1.165) is 22.5 Å². The molecule has 1 N–H and O–H groups in total. The molecule has 1 aromatic rings. The fourth-order valence-electron chi connectivity index (χ4n) is 2.99. The first-order chi connectivity index (χ1) is 10.1. The number of halogens is 3. The van der Waals surface area contributed by atoms with E-state index in [2.05, 4.69) is 32.9 Å². The molecule has 1 saturated carbocycles. The summed E-state index contributed by atoms with van der Waals surface area (Å²) >= 11 is 3.37. The molecule has 1 aliphatic carbocycles. The maximum absolute atomic E-state index is 12.4. The van der Waals surface area contributed by atoms with Crippen molar-refractivity contribution >= 4 is 15.9 Å². The molecule has 2 nitrogen and oxygen atoms in total. The van der Waals surface area contributed by atoms with E-state index in [-0.39, 0.29) is 5.75 Å². The van der Waals surface area contributed by atoms with E-state index in [1.807, 2.05) is 6.07 Å². The third kappa shape index (κ3) is 5.22. The predicted octanol–water partition coefficient (Wildman–Crippen LogP) is 4.97. The highest BCUT2D eigenvalue weighted by atomic mass is 79.9. The Hall–Kier alpha value is -0.680. The van der Waals surface area contributed by atoms with Gasteiger partial charge in [0.05, 0.1) is 0 Å². The van der Waals surface area contributed by atoms with Gasteiger partial charge in [-0.05, 0) is 43.0 Å². The van der Waals surface area contributed by atoms with Crippen molar-refractivity contribution in [1.82, 2.24) is 5.32 Å². The average Bonchev–Trinajstić information content (AvgIpc) is 2.43. The van der Waals surface area contributed by atoms with Crippen LogP contribution in [0.5, 0.6) is 5.75 Å². The summed E-state index contributed by atoms with van der Waals surface area (Å²) in [6, 6.07) is 5.12. The normalized spacial score (nSPS) is 22.5. The van der Waals surface area contributed by atoms with Crippen molar-refractivity contribution in [2.24, 2.45) is 11.8 Å². The number of alkyl halides is 2. The minimum absolute atomic E-state index is 0.248. The number of benzene rings is 1. The topological polar surface area (TPSA) is 21.3 Å². The minimum atomic E-state index is -2.79. The number of rotatable bonds is 6. The molecule has 118 valence electrons. The molecule has 0 amide bonds. The summed E-state index contributed by atoms with van der Waals surface area (Å²) in [5.74, 6) is 1.67. The van der Waals surface area contributed by atoms with Gasteiger partial charge in [-0.2, -0.15) is 8.78 Å². The molecule has 0 spiro atoms. The van der Waals surface area contributed by atoms with Gasteiger partial charge in [-0.15, -0.1) is 0 Å². The maximum Gasteiger partial charge on any atom is 0.387 e. The van der Waals surface area contributed by atoms with Crippen LogP contribution in [0.2, 0.25) is 0 Å². The lowest BCUT2D eigenvalue weighted by Crippen LogP contribution is -2.29. The fraction of sp³-hybridized carbons (Fsp3) is 0.625. The lowest BCUT2D eigenvalue weighted by atomic mass is 9.80. The first kappa shape index (κ1) is 16.7. The van der Waals surface area contributed by atoms with Crippen LogP contribution in [0.4, 0.5) is 8.78 Å². The summed E-state index contributed by atoms with van der Waals surface area (Å²) in [5.41, 5.74) is 0.758. The molecule has 2 rings (SSSR count). The Kier molecular flexibility index (Phi) is 6.42. The summed E-state index contributed by atoms with van der Waals surface area (Å²) in [4.78, 5) is 0. The van der Waals surface area contributed by atoms with Crippen LogP contribution in [0.1, 0.15) is 38.2 Å². The smallest absolute Gasteiger partial charge is 0.387 e. The molecule has 0 saturated heterocycles. The van der Waals surface area contributed by atoms with Gasteiger partial charge in [-0.3, -0.25) is 0 Å². The van der Waals surface area contributed by atoms with Gasteiger partial charge in [0.2, 0.25) is 0 Å². The van der Waals surface area contributed by atoms with Gasteiger partial charge in [0.15, 0.2) is 0 Å². The standard InChI is InChI=1S/C16H22BrF2NO/c1-11-4-2-3-5-12(11)9-20-10-13-8-14(17)6-7-15(13)21-16(18)19/h6-8,11-12,16,20H,2-5,9-10H2,1H3. The van der Waals surface area contributed by atoms with Crippen molar-refractivity contribution in [3.8, 4) is 5.75 Å². The lowest BCUT2D eigenvalue weighted by Gasteiger charge is -2.29. The van der Waals surface area contributed by atoms with E-state index in [1.165, 1.54) is 25.7 Å². The minimum Gasteiger partial charge on any atom is -0.434 e. The monoisotopic (exact) mass is 361 g/mol. The summed E-state index contributed by atoms with van der Waals surface area (Å²) in [6.45, 7) is 0.992. The van der Waals surface area contributed by atoms with Gasteiger partial charge in [-0.25, -0.2) is 0 Å². The molecule has 21 heavy (non-hydrogen) atoms. The van der Waals surface area contributed by atoms with E-state index in [1.54, 1.807) is 12.1 Å². The van der Waals surface area contributed by atoms with Crippen molar-refractivity contribution in [1.29, 1.82) is 0 Å². The van der Waals surface area contributed by atoms with Crippen LogP contribution in [0.3, 0.4) is 0 Å². The van der Waals surface area contributed by atoms with Crippen molar-refractivity contribution in [3.05, 3.63) is 28.2 Å². The zero-order valence-corrected chi connectivity index (χ0v) is 13.8. The molecule has 0 aliphatic heterocycles. The SMILES string of the molecule is CC1CCCCC1CNCc1cc(Br)ccc1OC(F)F. The second-order valence-corrected chi connectivity index (χ2v) is 6.70. The van der Waals surface area contributed by atoms with Gasteiger partial charge in [0, 0.05) is 16.6 Å². The quantitative estimate of drug-likeness (QED) is 0.772. The number of hydrogen-bond donors (Lipinski definition) is 1. The zero-order chi connectivity index (χ0) is 15.2. The van der Waals surface area contributed by atoms with Crippen LogP contribution < -0.4 is 10.1 Å². The molecule has 0 radical (unpaired) electrons. The predicted molar refractivity (Wildman–Crippen MR) is 83.6 cm³/mol. The van der Waals surface area contributed by atoms with Crippen LogP contribution in [-0.4, -0.2) is 13.2 Å². The summed E-state index contributed by atoms with van der Waals surface area (Å²) < 4.78 is 30.3. The van der Waals surface area contributed by atoms with Crippen LogP contribution >= 0.6 is 15.9 Å². The van der Waals surface area contributed by atoms with Crippen LogP contribution in [0.25, 0.3) is 0 Å². The highest BCUT2D eigenvalue weighted by molar-refractivity contribution is 9.10. The third-order valence-electron chi connectivity index (χ3n) is 4.25. The van der Waals surface area contributed by atoms with Crippen LogP contribution in [0, 0.1) is 11.8 Å². The van der Waals surface area contributed by atoms with E-state index in [9.17, 15) is 8.78 Å². The van der Waals surface area contributed by atoms with Crippen LogP contribution in [0.15, 0.2) is 22.7 Å². The molecule has 1 fully saturated rings. The van der Waals surface area contributed by atoms with Crippen molar-refractivity contribution in [2.75, 3.05) is 6.54 Å². The van der Waals surface area contributed by atoms with Gasteiger partial charge in [0.25, 0.3) is 0 Å². The van der Waals surface area contributed by atoms with Crippen molar-refractivity contribution in [2.45, 2.75) is 45.8 Å². The Morgan fingerprint density at radius 3 is 2.81 bits per heavy atom. The van der Waals surface area contributed by atoms with Gasteiger partial charge in [-0.1, -0.05) is 42.1 Å². The molecular weight excluding hydrogens is 340 g/mol. The van der Waals surface area contributed by atoms with Crippen molar-refractivity contribution < 1.29 is 13.5 Å². The maximum atomic E-state index is 12.4. The fourth-order valence-corrected chi connectivity index (χ4v) is 3.39. The number of ether oxygens (including phenoxy) is 1. The second-order valence-electron chi connectivity index (χ2n) is 5.78. The Balaban J connectivity index is 1.91. The molecule has 2 atom stereocenters. The second kappa shape index (κ2) is 8.08. The Labute approximate surface area is 133 Å². The third-order valence-corrected chi connectivity index (χ3v) is 4.74. The molecule has 0 bridgehead atoms. The molecule has 0 aromatic heterocycles. The molecule has 2 unspecified atom stereocenters. The summed E-state index contributed by atoms with van der Waals surface area (Å²) in [5, 5.41) is 3.40. The number of nitrogens with one attached hydrogen (secondary N) is 1. The first-order valence-electron chi connectivity index (χ1n) is 7.50. The summed E-state index contributed by atoms with van der Waals surface area (Å²) in [7, 11) is 0. The van der Waals surface area contributed by atoms with Crippen molar-refractivity contribution in [3.63, 3.8) is 0 Å². The van der Waals surface area contributed by atoms with Gasteiger partial charge >= 0.3 is 6.61 Å². The molecule has 1 aromatic carbocycles. The Morgan fingerprint density at radius 1 is 1.33 bits per heavy atom. The largest absolute Gasteiger partial charge is 0.434 e. The Morgan fingerprint density at radius 2 is 2.10 bits per heavy atom. The van der Waals surface area contributed by atoms with E-state index >= 15 is 0 Å². The molecule has 1 aliphatic rings. The molecular formula is C16H22BrF2NO. The highest BCUT2D eigenvalue weighted by Gasteiger charge is 2.20. The molecule has 0 heterocycles. The van der Waals surface area contributed by atoms with Gasteiger partial charge < -0.3 is 10.1 Å². The van der Waals surface area contributed by atoms with Gasteiger partial charge in [0.1, 0.15) is 5.75 Å². The Bertz CT molecular complexity index is 456. The van der Waals surface area contributed by atoms with E-state index < -0.39 is 6.61 Å². The van der Waals surface area contributed by atoms with E-state index in [4.69, 9.17) is 0 Å². The number of hydrogen-bond acceptors (Lipinski definition) is 2. The highest BCUT2D eigenvalue weighted by Crippen LogP contribution is 2.29. The lowest BCUT2D eigenvalue weighted by molar-refractivity contribution is -0.0505. The average molecular weight is 362 g/mol. The first-order valence-corrected chi connectivity index (χ1v) is 8.29. The molecule has 5 heteroatoms. The van der Waals surface area contributed by atoms with E-state index in [0.29, 0.717) is 12.5 Å².